The topological polar surface area (TPSA) is 50.1 Å². The number of rotatable bonds is 3. The molecule has 6 heteroatoms. The lowest BCUT2D eigenvalue weighted by Gasteiger charge is -2.09. The molecule has 90 valence electrons. The van der Waals surface area contributed by atoms with E-state index in [4.69, 9.17) is 10.00 Å². The first-order chi connectivity index (χ1) is 8.02. The Hall–Kier alpha value is -1.48. The van der Waals surface area contributed by atoms with E-state index in [1.54, 1.807) is 13.0 Å². The average molecular weight is 304 g/mol. The highest BCUT2D eigenvalue weighted by Gasteiger charge is 2.21. The Balaban J connectivity index is 3.31. The van der Waals surface area contributed by atoms with Crippen molar-refractivity contribution in [2.45, 2.75) is 13.3 Å². The van der Waals surface area contributed by atoms with Gasteiger partial charge in [-0.2, -0.15) is 5.26 Å². The van der Waals surface area contributed by atoms with Crippen molar-refractivity contribution in [3.05, 3.63) is 33.3 Å². The molecule has 0 bridgehead atoms. The maximum absolute atomic E-state index is 12.6. The van der Waals surface area contributed by atoms with Gasteiger partial charge in [-0.15, -0.1) is 0 Å². The number of carbonyl (C=O) groups is 1. The summed E-state index contributed by atoms with van der Waals surface area (Å²) in [5.41, 5.74) is -0.592. The van der Waals surface area contributed by atoms with Crippen molar-refractivity contribution >= 4 is 21.9 Å². The molecule has 0 atom stereocenters. The molecule has 0 saturated heterocycles. The van der Waals surface area contributed by atoms with Crippen molar-refractivity contribution in [1.29, 1.82) is 5.26 Å². The molecule has 0 fully saturated rings. The summed E-state index contributed by atoms with van der Waals surface area (Å²) in [7, 11) is 0. The smallest absolute Gasteiger partial charge is 0.339 e. The zero-order valence-corrected chi connectivity index (χ0v) is 10.4. The van der Waals surface area contributed by atoms with Crippen molar-refractivity contribution in [2.75, 3.05) is 6.61 Å². The van der Waals surface area contributed by atoms with Crippen LogP contribution in [0.25, 0.3) is 0 Å². The molecule has 0 radical (unpaired) electrons. The van der Waals surface area contributed by atoms with Gasteiger partial charge in [0.1, 0.15) is 6.07 Å². The number of carbonyl (C=O) groups excluding carboxylic acids is 1. The fourth-order valence-corrected chi connectivity index (χ4v) is 1.86. The zero-order chi connectivity index (χ0) is 13.0. The molecule has 3 nitrogen and oxygen atoms in total. The largest absolute Gasteiger partial charge is 0.462 e. The summed E-state index contributed by atoms with van der Waals surface area (Å²) in [5, 5.41) is 8.82. The molecule has 0 spiro atoms. The number of esters is 1. The van der Waals surface area contributed by atoms with Crippen LogP contribution in [-0.2, 0) is 4.74 Å². The van der Waals surface area contributed by atoms with Crippen LogP contribution in [0.3, 0.4) is 0 Å². The second-order valence-corrected chi connectivity index (χ2v) is 3.82. The van der Waals surface area contributed by atoms with Crippen molar-refractivity contribution in [2.24, 2.45) is 0 Å². The fraction of sp³-hybridized carbons (Fsp3) is 0.273. The van der Waals surface area contributed by atoms with Crippen molar-refractivity contribution in [3.63, 3.8) is 0 Å². The molecular formula is C11H8BrF2NO2. The van der Waals surface area contributed by atoms with Gasteiger partial charge in [0, 0.05) is 5.56 Å². The molecular weight excluding hydrogens is 296 g/mol. The first kappa shape index (κ1) is 13.6. The van der Waals surface area contributed by atoms with Gasteiger partial charge in [-0.1, -0.05) is 6.07 Å². The third kappa shape index (κ3) is 2.80. The number of halogens is 3. The first-order valence-electron chi connectivity index (χ1n) is 4.70. The highest BCUT2D eigenvalue weighted by atomic mass is 79.9. The van der Waals surface area contributed by atoms with Gasteiger partial charge in [0.2, 0.25) is 0 Å². The molecule has 1 aromatic carbocycles. The highest BCUT2D eigenvalue weighted by Crippen LogP contribution is 2.31. The standard InChI is InChI=1S/C11H8BrF2NO2/c1-2-17-11(16)7-4-3-6(10(13)14)8(5-15)9(7)12/h3-4,10H,2H2,1H3. The third-order valence-corrected chi connectivity index (χ3v) is 2.84. The molecule has 0 unspecified atom stereocenters. The predicted octanol–water partition coefficient (Wildman–Crippen LogP) is 3.44. The average Bonchev–Trinajstić information content (AvgIpc) is 2.28. The molecule has 0 aliphatic heterocycles. The molecule has 0 N–H and O–H groups in total. The Bertz CT molecular complexity index is 483. The second kappa shape index (κ2) is 5.73. The second-order valence-electron chi connectivity index (χ2n) is 3.02. The zero-order valence-electron chi connectivity index (χ0n) is 8.84. The number of nitrogens with zero attached hydrogens (tertiary/aromatic N) is 1. The number of alkyl halides is 2. The van der Waals surface area contributed by atoms with E-state index >= 15 is 0 Å². The molecule has 0 saturated carbocycles. The number of benzene rings is 1. The maximum Gasteiger partial charge on any atom is 0.339 e. The van der Waals surface area contributed by atoms with Gasteiger partial charge in [0.05, 0.1) is 22.2 Å². The predicted molar refractivity (Wildman–Crippen MR) is 59.8 cm³/mol. The Morgan fingerprint density at radius 2 is 2.24 bits per heavy atom. The van der Waals surface area contributed by atoms with Crippen LogP contribution in [0.1, 0.15) is 34.8 Å². The van der Waals surface area contributed by atoms with Gasteiger partial charge in [-0.05, 0) is 28.9 Å². The Morgan fingerprint density at radius 3 is 2.71 bits per heavy atom. The number of hydrogen-bond acceptors (Lipinski definition) is 3. The summed E-state index contributed by atoms with van der Waals surface area (Å²) in [6.07, 6.45) is -2.77. The molecule has 1 aromatic rings. The van der Waals surface area contributed by atoms with Crippen molar-refractivity contribution in [3.8, 4) is 6.07 Å². The highest BCUT2D eigenvalue weighted by molar-refractivity contribution is 9.10. The summed E-state index contributed by atoms with van der Waals surface area (Å²) in [6, 6.07) is 3.92. The number of ether oxygens (including phenoxy) is 1. The Labute approximate surface area is 105 Å². The van der Waals surface area contributed by atoms with Gasteiger partial charge in [0.15, 0.2) is 0 Å². The monoisotopic (exact) mass is 303 g/mol. The van der Waals surface area contributed by atoms with E-state index in [1.165, 1.54) is 6.07 Å². The van der Waals surface area contributed by atoms with E-state index in [-0.39, 0.29) is 22.2 Å². The van der Waals surface area contributed by atoms with E-state index in [0.29, 0.717) is 0 Å². The van der Waals surface area contributed by atoms with Gasteiger partial charge >= 0.3 is 5.97 Å². The minimum absolute atomic E-state index is 0.0382. The van der Waals surface area contributed by atoms with E-state index in [0.717, 1.165) is 6.07 Å². The summed E-state index contributed by atoms with van der Waals surface area (Å²) >= 11 is 2.97. The molecule has 17 heavy (non-hydrogen) atoms. The molecule has 0 aliphatic carbocycles. The molecule has 0 heterocycles. The Morgan fingerprint density at radius 1 is 1.59 bits per heavy atom. The maximum atomic E-state index is 12.6. The minimum Gasteiger partial charge on any atom is -0.462 e. The van der Waals surface area contributed by atoms with Crippen LogP contribution < -0.4 is 0 Å². The van der Waals surface area contributed by atoms with Crippen LogP contribution in [0.5, 0.6) is 0 Å². The number of nitriles is 1. The van der Waals surface area contributed by atoms with Crippen molar-refractivity contribution in [1.82, 2.24) is 0 Å². The third-order valence-electron chi connectivity index (χ3n) is 2.02. The van der Waals surface area contributed by atoms with Crippen LogP contribution >= 0.6 is 15.9 Å². The Kier molecular flexibility index (Phi) is 4.58. The minimum atomic E-state index is -2.77. The number of hydrogen-bond donors (Lipinski definition) is 0. The fourth-order valence-electron chi connectivity index (χ4n) is 1.25. The van der Waals surface area contributed by atoms with E-state index in [9.17, 15) is 13.6 Å². The van der Waals surface area contributed by atoms with Gasteiger partial charge < -0.3 is 4.74 Å². The van der Waals surface area contributed by atoms with Crippen LogP contribution in [0.4, 0.5) is 8.78 Å². The summed E-state index contributed by atoms with van der Waals surface area (Å²) in [6.45, 7) is 1.80. The van der Waals surface area contributed by atoms with Gasteiger partial charge in [-0.3, -0.25) is 0 Å². The lowest BCUT2D eigenvalue weighted by atomic mass is 10.1. The molecule has 1 rings (SSSR count). The van der Waals surface area contributed by atoms with Crippen LogP contribution in [-0.4, -0.2) is 12.6 Å². The lowest BCUT2D eigenvalue weighted by Crippen LogP contribution is -2.07. The molecule has 0 aromatic heterocycles. The van der Waals surface area contributed by atoms with Crippen LogP contribution in [0, 0.1) is 11.3 Å². The van der Waals surface area contributed by atoms with Crippen LogP contribution in [0.2, 0.25) is 0 Å². The quantitative estimate of drug-likeness (QED) is 0.804. The van der Waals surface area contributed by atoms with Gasteiger partial charge in [0.25, 0.3) is 6.43 Å². The van der Waals surface area contributed by atoms with Gasteiger partial charge in [-0.25, -0.2) is 13.6 Å². The van der Waals surface area contributed by atoms with E-state index in [2.05, 4.69) is 15.9 Å². The molecule has 0 aliphatic rings. The lowest BCUT2D eigenvalue weighted by molar-refractivity contribution is 0.0525. The summed E-state index contributed by atoms with van der Waals surface area (Å²) in [5.74, 6) is -0.656. The SMILES string of the molecule is CCOC(=O)c1ccc(C(F)F)c(C#N)c1Br. The van der Waals surface area contributed by atoms with E-state index in [1.807, 2.05) is 0 Å². The summed E-state index contributed by atoms with van der Waals surface area (Å²) < 4.78 is 30.0. The van der Waals surface area contributed by atoms with E-state index < -0.39 is 18.0 Å². The summed E-state index contributed by atoms with van der Waals surface area (Å²) in [4.78, 5) is 11.5. The van der Waals surface area contributed by atoms with Crippen LogP contribution in [0.15, 0.2) is 16.6 Å². The first-order valence-corrected chi connectivity index (χ1v) is 5.50. The normalized spacial score (nSPS) is 10.1. The van der Waals surface area contributed by atoms with Crippen molar-refractivity contribution < 1.29 is 18.3 Å². The molecule has 0 amide bonds.